The summed E-state index contributed by atoms with van der Waals surface area (Å²) in [6.07, 6.45) is 6.84. The van der Waals surface area contributed by atoms with Crippen molar-refractivity contribution in [1.29, 1.82) is 0 Å². The van der Waals surface area contributed by atoms with Crippen LogP contribution in [0.5, 0.6) is 11.5 Å². The third-order valence-corrected chi connectivity index (χ3v) is 3.04. The topological polar surface area (TPSA) is 71.1 Å². The largest absolute Gasteiger partial charge is 0.461 e. The van der Waals surface area contributed by atoms with Crippen LogP contribution in [-0.2, 0) is 19.1 Å². The van der Waals surface area contributed by atoms with Gasteiger partial charge in [0.05, 0.1) is 0 Å². The number of fused-ring (bicyclic) bond motifs is 1. The third-order valence-electron chi connectivity index (χ3n) is 3.04. The molecule has 0 spiro atoms. The summed E-state index contributed by atoms with van der Waals surface area (Å²) in [5, 5.41) is 1.56. The Morgan fingerprint density at radius 1 is 0.692 bits per heavy atom. The van der Waals surface area contributed by atoms with Gasteiger partial charge in [0.25, 0.3) is 0 Å². The van der Waals surface area contributed by atoms with Gasteiger partial charge in [0.15, 0.2) is 0 Å². The molecule has 0 N–H and O–H groups in total. The molecule has 0 fully saturated rings. The summed E-state index contributed by atoms with van der Waals surface area (Å²) in [6.45, 7) is 6.58. The van der Waals surface area contributed by atoms with Crippen molar-refractivity contribution in [1.82, 2.24) is 0 Å². The Kier molecular flexibility index (Phi) is 6.76. The second-order valence-electron chi connectivity index (χ2n) is 4.67. The first-order valence-corrected chi connectivity index (χ1v) is 7.47. The normalized spacial score (nSPS) is 10.6. The average molecular weight is 352 g/mol. The minimum atomic E-state index is -0.581. The van der Waals surface area contributed by atoms with Crippen molar-refractivity contribution < 1.29 is 28.5 Å². The lowest BCUT2D eigenvalue weighted by atomic mass is 10.1. The number of benzene rings is 2. The molecule has 2 aromatic rings. The molecule has 0 amide bonds. The number of carbonyl (C=O) groups is 2. The molecule has 0 atom stereocenters. The zero-order valence-corrected chi connectivity index (χ0v) is 13.8. The standard InChI is InChI=1S/C20H16O6/c1-3-19(21)25-13-11-23-17-9-5-8-16-15(17)7-6-10-18(16)24-12-14-26-20(22)4-2/h3-14H,1-2H2/b13-11-,14-12-. The summed E-state index contributed by atoms with van der Waals surface area (Å²) in [4.78, 5) is 21.9. The molecule has 0 aliphatic heterocycles. The summed E-state index contributed by atoms with van der Waals surface area (Å²) in [5.41, 5.74) is 0. The van der Waals surface area contributed by atoms with Gasteiger partial charge in [-0.15, -0.1) is 0 Å². The Balaban J connectivity index is 2.14. The summed E-state index contributed by atoms with van der Waals surface area (Å²) in [7, 11) is 0. The highest BCUT2D eigenvalue weighted by molar-refractivity contribution is 5.93. The molecular formula is C20H16O6. The molecule has 6 heteroatoms. The maximum atomic E-state index is 11.0. The lowest BCUT2D eigenvalue weighted by Gasteiger charge is -2.09. The summed E-state index contributed by atoms with van der Waals surface area (Å²) < 4.78 is 20.4. The van der Waals surface area contributed by atoms with Gasteiger partial charge in [0, 0.05) is 22.9 Å². The van der Waals surface area contributed by atoms with Crippen molar-refractivity contribution in [3.63, 3.8) is 0 Å². The minimum absolute atomic E-state index is 0.543. The van der Waals surface area contributed by atoms with Crippen LogP contribution >= 0.6 is 0 Å². The molecule has 132 valence electrons. The molecule has 0 unspecified atom stereocenters. The molecule has 0 aliphatic rings. The molecule has 26 heavy (non-hydrogen) atoms. The van der Waals surface area contributed by atoms with Crippen molar-refractivity contribution in [2.45, 2.75) is 0 Å². The van der Waals surface area contributed by atoms with Crippen molar-refractivity contribution >= 4 is 22.7 Å². The van der Waals surface area contributed by atoms with E-state index in [1.807, 2.05) is 12.1 Å². The molecule has 0 aromatic heterocycles. The Hall–Kier alpha value is -3.80. The molecule has 0 heterocycles. The number of hydrogen-bond acceptors (Lipinski definition) is 6. The highest BCUT2D eigenvalue weighted by Crippen LogP contribution is 2.32. The second-order valence-corrected chi connectivity index (χ2v) is 4.67. The zero-order valence-electron chi connectivity index (χ0n) is 13.8. The van der Waals surface area contributed by atoms with Crippen LogP contribution in [0, 0.1) is 0 Å². The van der Waals surface area contributed by atoms with E-state index >= 15 is 0 Å². The molecule has 2 rings (SSSR count). The molecule has 6 nitrogen and oxygen atoms in total. The maximum absolute atomic E-state index is 11.0. The molecule has 0 saturated heterocycles. The second kappa shape index (κ2) is 9.48. The fourth-order valence-corrected chi connectivity index (χ4v) is 1.95. The molecule has 0 aliphatic carbocycles. The van der Waals surface area contributed by atoms with Gasteiger partial charge in [0.2, 0.25) is 0 Å². The monoisotopic (exact) mass is 352 g/mol. The van der Waals surface area contributed by atoms with Gasteiger partial charge in [-0.05, 0) is 12.1 Å². The van der Waals surface area contributed by atoms with E-state index in [0.29, 0.717) is 11.5 Å². The predicted octanol–water partition coefficient (Wildman–Crippen LogP) is 4.00. The average Bonchev–Trinajstić information content (AvgIpc) is 2.68. The van der Waals surface area contributed by atoms with Crippen molar-refractivity contribution in [2.75, 3.05) is 0 Å². The molecule has 0 saturated carbocycles. The number of ether oxygens (including phenoxy) is 4. The van der Waals surface area contributed by atoms with Gasteiger partial charge >= 0.3 is 11.9 Å². The third kappa shape index (κ3) is 5.10. The van der Waals surface area contributed by atoms with Crippen LogP contribution in [0.25, 0.3) is 10.8 Å². The summed E-state index contributed by atoms with van der Waals surface area (Å²) >= 11 is 0. The van der Waals surface area contributed by atoms with Crippen molar-refractivity contribution in [3.8, 4) is 11.5 Å². The van der Waals surface area contributed by atoms with Gasteiger partial charge in [-0.25, -0.2) is 9.59 Å². The number of esters is 2. The summed E-state index contributed by atoms with van der Waals surface area (Å²) in [5.74, 6) is -0.0772. The van der Waals surface area contributed by atoms with Gasteiger partial charge in [-0.2, -0.15) is 0 Å². The Bertz CT molecular complexity index is 806. The summed E-state index contributed by atoms with van der Waals surface area (Å²) in [6, 6.07) is 10.8. The van der Waals surface area contributed by atoms with Crippen LogP contribution in [-0.4, -0.2) is 11.9 Å². The first-order valence-electron chi connectivity index (χ1n) is 7.47. The van der Waals surface area contributed by atoms with Crippen LogP contribution in [0.15, 0.2) is 86.8 Å². The van der Waals surface area contributed by atoms with E-state index in [4.69, 9.17) is 18.9 Å². The molecule has 0 bridgehead atoms. The fraction of sp³-hybridized carbons (Fsp3) is 0. The Labute approximate surface area is 150 Å². The fourth-order valence-electron chi connectivity index (χ4n) is 1.95. The van der Waals surface area contributed by atoms with E-state index in [0.717, 1.165) is 35.4 Å². The quantitative estimate of drug-likeness (QED) is 0.406. The van der Waals surface area contributed by atoms with Gasteiger partial charge in [-0.3, -0.25) is 0 Å². The first-order chi connectivity index (χ1) is 12.7. The zero-order chi connectivity index (χ0) is 18.8. The Morgan fingerprint density at radius 3 is 1.50 bits per heavy atom. The van der Waals surface area contributed by atoms with Gasteiger partial charge in [-0.1, -0.05) is 37.4 Å². The highest BCUT2D eigenvalue weighted by Gasteiger charge is 2.06. The van der Waals surface area contributed by atoms with Crippen molar-refractivity contribution in [3.05, 3.63) is 86.8 Å². The van der Waals surface area contributed by atoms with E-state index < -0.39 is 11.9 Å². The molecular weight excluding hydrogens is 336 g/mol. The van der Waals surface area contributed by atoms with E-state index in [2.05, 4.69) is 13.2 Å². The minimum Gasteiger partial charge on any atom is -0.461 e. The predicted molar refractivity (Wildman–Crippen MR) is 96.1 cm³/mol. The number of hydrogen-bond donors (Lipinski definition) is 0. The van der Waals surface area contributed by atoms with E-state index in [9.17, 15) is 9.59 Å². The van der Waals surface area contributed by atoms with Crippen LogP contribution in [0.1, 0.15) is 0 Å². The van der Waals surface area contributed by atoms with Crippen LogP contribution in [0.2, 0.25) is 0 Å². The van der Waals surface area contributed by atoms with E-state index in [-0.39, 0.29) is 0 Å². The van der Waals surface area contributed by atoms with Crippen LogP contribution in [0.3, 0.4) is 0 Å². The van der Waals surface area contributed by atoms with Crippen LogP contribution < -0.4 is 9.47 Å². The van der Waals surface area contributed by atoms with E-state index in [1.165, 1.54) is 12.5 Å². The van der Waals surface area contributed by atoms with Gasteiger partial charge < -0.3 is 18.9 Å². The molecule has 2 aromatic carbocycles. The first kappa shape index (κ1) is 18.5. The van der Waals surface area contributed by atoms with Crippen LogP contribution in [0.4, 0.5) is 0 Å². The van der Waals surface area contributed by atoms with Crippen molar-refractivity contribution in [2.24, 2.45) is 0 Å². The smallest absolute Gasteiger partial charge is 0.335 e. The Morgan fingerprint density at radius 2 is 1.12 bits per heavy atom. The van der Waals surface area contributed by atoms with E-state index in [1.54, 1.807) is 24.3 Å². The highest BCUT2D eigenvalue weighted by atomic mass is 16.5. The SMILES string of the molecule is C=CC(=O)O/C=C\Oc1cccc2c(O/C=C\OC(=O)C=C)cccc12. The van der Waals surface area contributed by atoms with Gasteiger partial charge in [0.1, 0.15) is 36.5 Å². The maximum Gasteiger partial charge on any atom is 0.335 e. The number of carbonyl (C=O) groups excluding carboxylic acids is 2. The lowest BCUT2D eigenvalue weighted by molar-refractivity contribution is -0.133. The lowest BCUT2D eigenvalue weighted by Crippen LogP contribution is -1.94. The number of rotatable bonds is 8. The molecule has 0 radical (unpaired) electrons.